The van der Waals surface area contributed by atoms with E-state index >= 15 is 0 Å². The lowest BCUT2D eigenvalue weighted by atomic mass is 9.97. The Hall–Kier alpha value is -1.92. The Kier molecular flexibility index (Phi) is 4.70. The van der Waals surface area contributed by atoms with E-state index in [1.807, 2.05) is 6.92 Å². The summed E-state index contributed by atoms with van der Waals surface area (Å²) >= 11 is 0. The maximum atomic E-state index is 12.3. The lowest BCUT2D eigenvalue weighted by Gasteiger charge is -2.30. The number of aromatic nitrogens is 3. The number of carbonyl (C=O) groups is 2. The van der Waals surface area contributed by atoms with Crippen molar-refractivity contribution in [1.82, 2.24) is 25.4 Å². The molecule has 2 heterocycles. The molecule has 1 unspecified atom stereocenters. The normalized spacial score (nSPS) is 18.9. The minimum Gasteiger partial charge on any atom is -0.359 e. The van der Waals surface area contributed by atoms with Gasteiger partial charge in [-0.25, -0.2) is 4.98 Å². The smallest absolute Gasteiger partial charge is 0.293 e. The van der Waals surface area contributed by atoms with E-state index in [1.54, 1.807) is 11.9 Å². The number of carbonyl (C=O) groups excluding carboxylic acids is 2. The highest BCUT2D eigenvalue weighted by molar-refractivity contribution is 5.91. The highest BCUT2D eigenvalue weighted by atomic mass is 16.2. The van der Waals surface area contributed by atoms with Gasteiger partial charge in [0.1, 0.15) is 5.82 Å². The molecule has 1 aromatic heterocycles. The number of nitrogens with zero attached hydrogens (tertiary/aromatic N) is 3. The lowest BCUT2D eigenvalue weighted by Crippen LogP contribution is -2.45. The second kappa shape index (κ2) is 6.49. The van der Waals surface area contributed by atoms with Crippen LogP contribution in [0.25, 0.3) is 0 Å². The second-order valence-corrected chi connectivity index (χ2v) is 5.06. The third-order valence-corrected chi connectivity index (χ3v) is 3.54. The van der Waals surface area contributed by atoms with Gasteiger partial charge < -0.3 is 10.2 Å². The molecule has 7 nitrogen and oxygen atoms in total. The van der Waals surface area contributed by atoms with Crippen molar-refractivity contribution >= 4 is 11.8 Å². The number of piperidine rings is 1. The van der Waals surface area contributed by atoms with Crippen LogP contribution < -0.4 is 5.32 Å². The van der Waals surface area contributed by atoms with Crippen molar-refractivity contribution in [2.45, 2.75) is 32.6 Å². The van der Waals surface area contributed by atoms with E-state index in [9.17, 15) is 9.59 Å². The van der Waals surface area contributed by atoms with Crippen LogP contribution >= 0.6 is 0 Å². The molecule has 1 atom stereocenters. The molecule has 0 aromatic carbocycles. The number of H-pyrrole nitrogens is 1. The highest BCUT2D eigenvalue weighted by Gasteiger charge is 2.29. The molecule has 110 valence electrons. The molecule has 2 N–H and O–H groups in total. The molecule has 7 heteroatoms. The van der Waals surface area contributed by atoms with Crippen LogP contribution in [0.4, 0.5) is 0 Å². The molecule has 0 radical (unpaired) electrons. The van der Waals surface area contributed by atoms with Gasteiger partial charge >= 0.3 is 0 Å². The number of hydrogen-bond donors (Lipinski definition) is 2. The summed E-state index contributed by atoms with van der Waals surface area (Å²) in [5.74, 6) is 0.592. The molecule has 2 amide bonds. The quantitative estimate of drug-likeness (QED) is 0.832. The van der Waals surface area contributed by atoms with Crippen LogP contribution in [0.3, 0.4) is 0 Å². The molecular formula is C13H21N5O2. The Morgan fingerprint density at radius 2 is 2.30 bits per heavy atom. The Morgan fingerprint density at radius 1 is 1.50 bits per heavy atom. The molecule has 1 aromatic rings. The number of aryl methyl sites for hydroxylation is 1. The summed E-state index contributed by atoms with van der Waals surface area (Å²) in [5, 5.41) is 9.40. The van der Waals surface area contributed by atoms with Gasteiger partial charge in [0.15, 0.2) is 0 Å². The third kappa shape index (κ3) is 3.15. The van der Waals surface area contributed by atoms with Crippen LogP contribution in [0.5, 0.6) is 0 Å². The molecule has 20 heavy (non-hydrogen) atoms. The van der Waals surface area contributed by atoms with Gasteiger partial charge in [-0.15, -0.1) is 5.10 Å². The van der Waals surface area contributed by atoms with Gasteiger partial charge in [-0.1, -0.05) is 6.92 Å². The fraction of sp³-hybridized carbons (Fsp3) is 0.692. The van der Waals surface area contributed by atoms with Crippen LogP contribution in [0.15, 0.2) is 0 Å². The van der Waals surface area contributed by atoms with Crippen LogP contribution in [0, 0.1) is 5.92 Å². The number of likely N-dealkylation sites (tertiary alicyclic amines) is 1. The van der Waals surface area contributed by atoms with Gasteiger partial charge in [-0.2, -0.15) is 0 Å². The largest absolute Gasteiger partial charge is 0.359 e. The van der Waals surface area contributed by atoms with Crippen molar-refractivity contribution < 1.29 is 9.59 Å². The molecule has 0 bridgehead atoms. The summed E-state index contributed by atoms with van der Waals surface area (Å²) in [7, 11) is 1.62. The summed E-state index contributed by atoms with van der Waals surface area (Å²) in [6.45, 7) is 3.14. The first-order valence-corrected chi connectivity index (χ1v) is 7.07. The van der Waals surface area contributed by atoms with Crippen molar-refractivity contribution in [1.29, 1.82) is 0 Å². The number of aromatic amines is 1. The van der Waals surface area contributed by atoms with Crippen molar-refractivity contribution in [2.24, 2.45) is 5.92 Å². The molecular weight excluding hydrogens is 258 g/mol. The maximum Gasteiger partial charge on any atom is 0.293 e. The number of hydrogen-bond acceptors (Lipinski definition) is 4. The van der Waals surface area contributed by atoms with Crippen LogP contribution in [-0.2, 0) is 11.2 Å². The number of nitrogens with one attached hydrogen (secondary N) is 2. The SMILES string of the molecule is CCCc1nc(C(=O)N2CCCC(C(=O)NC)C2)n[nH]1. The Labute approximate surface area is 118 Å². The van der Waals surface area contributed by atoms with Crippen LogP contribution in [0.2, 0.25) is 0 Å². The van der Waals surface area contributed by atoms with Crippen LogP contribution in [0.1, 0.15) is 42.6 Å². The molecule has 0 aliphatic carbocycles. The van der Waals surface area contributed by atoms with Crippen molar-refractivity contribution in [3.05, 3.63) is 11.6 Å². The molecule has 1 saturated heterocycles. The Bertz CT molecular complexity index is 485. The molecule has 1 fully saturated rings. The maximum absolute atomic E-state index is 12.3. The Balaban J connectivity index is 2.02. The Morgan fingerprint density at radius 3 is 3.00 bits per heavy atom. The standard InChI is InChI=1S/C13H21N5O2/c1-3-5-10-15-11(17-16-10)13(20)18-7-4-6-9(8-18)12(19)14-2/h9H,3-8H2,1-2H3,(H,14,19)(H,15,16,17). The fourth-order valence-corrected chi connectivity index (χ4v) is 2.46. The summed E-state index contributed by atoms with van der Waals surface area (Å²) in [4.78, 5) is 29.9. The predicted molar refractivity (Wildman–Crippen MR) is 73.1 cm³/mol. The zero-order chi connectivity index (χ0) is 14.5. The predicted octanol–water partition coefficient (Wildman–Crippen LogP) is 0.355. The number of amides is 2. The summed E-state index contributed by atoms with van der Waals surface area (Å²) < 4.78 is 0. The molecule has 2 rings (SSSR count). The summed E-state index contributed by atoms with van der Waals surface area (Å²) in [6, 6.07) is 0. The average molecular weight is 279 g/mol. The third-order valence-electron chi connectivity index (χ3n) is 3.54. The van der Waals surface area contributed by atoms with Gasteiger partial charge in [0.2, 0.25) is 11.7 Å². The topological polar surface area (TPSA) is 91.0 Å². The van der Waals surface area contributed by atoms with Gasteiger partial charge in [0.25, 0.3) is 5.91 Å². The van der Waals surface area contributed by atoms with E-state index in [0.717, 1.165) is 31.5 Å². The highest BCUT2D eigenvalue weighted by Crippen LogP contribution is 2.18. The first-order chi connectivity index (χ1) is 9.65. The van der Waals surface area contributed by atoms with Crippen molar-refractivity contribution in [3.8, 4) is 0 Å². The molecule has 0 saturated carbocycles. The van der Waals surface area contributed by atoms with Crippen LogP contribution in [-0.4, -0.2) is 52.0 Å². The number of rotatable bonds is 4. The summed E-state index contributed by atoms with van der Waals surface area (Å²) in [5.41, 5.74) is 0. The van der Waals surface area contributed by atoms with E-state index in [4.69, 9.17) is 0 Å². The first-order valence-electron chi connectivity index (χ1n) is 7.07. The van der Waals surface area contributed by atoms with E-state index in [1.165, 1.54) is 0 Å². The first kappa shape index (κ1) is 14.5. The molecule has 1 aliphatic heterocycles. The lowest BCUT2D eigenvalue weighted by molar-refractivity contribution is -0.125. The second-order valence-electron chi connectivity index (χ2n) is 5.06. The van der Waals surface area contributed by atoms with Gasteiger partial charge in [0.05, 0.1) is 5.92 Å². The molecule has 0 spiro atoms. The van der Waals surface area contributed by atoms with Crippen molar-refractivity contribution in [3.63, 3.8) is 0 Å². The average Bonchev–Trinajstić information content (AvgIpc) is 2.95. The fourth-order valence-electron chi connectivity index (χ4n) is 2.46. The molecule has 1 aliphatic rings. The van der Waals surface area contributed by atoms with E-state index in [0.29, 0.717) is 13.1 Å². The zero-order valence-corrected chi connectivity index (χ0v) is 12.0. The monoisotopic (exact) mass is 279 g/mol. The minimum atomic E-state index is -0.197. The van der Waals surface area contributed by atoms with E-state index in [2.05, 4.69) is 20.5 Å². The van der Waals surface area contributed by atoms with Gasteiger partial charge in [-0.05, 0) is 19.3 Å². The minimum absolute atomic E-state index is 0.0100. The zero-order valence-electron chi connectivity index (χ0n) is 12.0. The summed E-state index contributed by atoms with van der Waals surface area (Å²) in [6.07, 6.45) is 3.38. The van der Waals surface area contributed by atoms with Gasteiger partial charge in [-0.3, -0.25) is 14.7 Å². The van der Waals surface area contributed by atoms with E-state index < -0.39 is 0 Å². The van der Waals surface area contributed by atoms with Crippen molar-refractivity contribution in [2.75, 3.05) is 20.1 Å². The van der Waals surface area contributed by atoms with E-state index in [-0.39, 0.29) is 23.6 Å². The van der Waals surface area contributed by atoms with Gasteiger partial charge in [0, 0.05) is 26.6 Å².